The summed E-state index contributed by atoms with van der Waals surface area (Å²) in [4.78, 5) is 4.04. The Hall–Kier alpha value is -1.45. The van der Waals surface area contributed by atoms with E-state index in [0.29, 0.717) is 5.96 Å². The Labute approximate surface area is 150 Å². The molecule has 2 N–H and O–H groups in total. The first kappa shape index (κ1) is 19.6. The Balaban J connectivity index is 0.00000264. The Morgan fingerprint density at radius 1 is 1.35 bits per heavy atom. The fourth-order valence-corrected chi connectivity index (χ4v) is 2.21. The highest BCUT2D eigenvalue weighted by molar-refractivity contribution is 14.0. The molecule has 0 amide bonds. The summed E-state index contributed by atoms with van der Waals surface area (Å²) in [6, 6.07) is 4.08. The predicted octanol–water partition coefficient (Wildman–Crippen LogP) is 3.43. The Morgan fingerprint density at radius 3 is 2.65 bits per heavy atom. The molecular weight excluding hydrogens is 422 g/mol. The van der Waals surface area contributed by atoms with Gasteiger partial charge < -0.3 is 15.4 Å². The van der Waals surface area contributed by atoms with Gasteiger partial charge in [0.25, 0.3) is 0 Å². The molecule has 0 aliphatic heterocycles. The second-order valence-corrected chi connectivity index (χ2v) is 4.80. The van der Waals surface area contributed by atoms with Crippen molar-refractivity contribution >= 4 is 29.9 Å². The van der Waals surface area contributed by atoms with Crippen molar-refractivity contribution in [3.63, 3.8) is 0 Å². The third kappa shape index (κ3) is 5.92. The summed E-state index contributed by atoms with van der Waals surface area (Å²) in [5, 5.41) is 6.09. The highest BCUT2D eigenvalue weighted by Gasteiger charge is 2.15. The van der Waals surface area contributed by atoms with Gasteiger partial charge in [-0.3, -0.25) is 4.99 Å². The SMILES string of the molecule is CN=C(NCc1c(F)cccc1OC(F)F)NC1CC=CC1.I. The van der Waals surface area contributed by atoms with Gasteiger partial charge in [-0.2, -0.15) is 8.78 Å². The molecule has 128 valence electrons. The lowest BCUT2D eigenvalue weighted by atomic mass is 10.2. The van der Waals surface area contributed by atoms with Crippen LogP contribution in [0, 0.1) is 5.82 Å². The van der Waals surface area contributed by atoms with Crippen LogP contribution in [0.5, 0.6) is 5.75 Å². The van der Waals surface area contributed by atoms with Crippen molar-refractivity contribution in [2.75, 3.05) is 7.05 Å². The first-order chi connectivity index (χ1) is 10.6. The van der Waals surface area contributed by atoms with Gasteiger partial charge in [0.05, 0.1) is 0 Å². The number of aliphatic imine (C=N–C) groups is 1. The monoisotopic (exact) mass is 441 g/mol. The minimum atomic E-state index is -3.00. The molecule has 0 bridgehead atoms. The largest absolute Gasteiger partial charge is 0.434 e. The molecule has 0 spiro atoms. The van der Waals surface area contributed by atoms with Crippen molar-refractivity contribution in [3.8, 4) is 5.75 Å². The molecular formula is C15H19F3IN3O. The summed E-state index contributed by atoms with van der Waals surface area (Å²) >= 11 is 0. The molecule has 2 rings (SSSR count). The van der Waals surface area contributed by atoms with Gasteiger partial charge in [0.2, 0.25) is 0 Å². The van der Waals surface area contributed by atoms with Crippen molar-refractivity contribution in [1.82, 2.24) is 10.6 Å². The van der Waals surface area contributed by atoms with E-state index in [4.69, 9.17) is 0 Å². The highest BCUT2D eigenvalue weighted by atomic mass is 127. The number of guanidine groups is 1. The molecule has 0 fully saturated rings. The lowest BCUT2D eigenvalue weighted by molar-refractivity contribution is -0.0506. The number of halogens is 4. The number of nitrogens with one attached hydrogen (secondary N) is 2. The smallest absolute Gasteiger partial charge is 0.387 e. The highest BCUT2D eigenvalue weighted by Crippen LogP contribution is 2.23. The number of ether oxygens (including phenoxy) is 1. The van der Waals surface area contributed by atoms with Crippen LogP contribution in [0.2, 0.25) is 0 Å². The summed E-state index contributed by atoms with van der Waals surface area (Å²) in [6.07, 6.45) is 5.91. The van der Waals surface area contributed by atoms with Crippen LogP contribution in [0.3, 0.4) is 0 Å². The third-order valence-electron chi connectivity index (χ3n) is 3.30. The molecule has 0 heterocycles. The van der Waals surface area contributed by atoms with Gasteiger partial charge in [0.1, 0.15) is 11.6 Å². The second-order valence-electron chi connectivity index (χ2n) is 4.80. The number of rotatable bonds is 5. The molecule has 0 aromatic heterocycles. The van der Waals surface area contributed by atoms with Crippen molar-refractivity contribution in [3.05, 3.63) is 41.7 Å². The number of nitrogens with zero attached hydrogens (tertiary/aromatic N) is 1. The molecule has 23 heavy (non-hydrogen) atoms. The van der Waals surface area contributed by atoms with E-state index >= 15 is 0 Å². The number of hydrogen-bond acceptors (Lipinski definition) is 2. The normalized spacial score (nSPS) is 14.7. The molecule has 1 aromatic carbocycles. The van der Waals surface area contributed by atoms with Crippen molar-refractivity contribution in [2.24, 2.45) is 4.99 Å². The summed E-state index contributed by atoms with van der Waals surface area (Å²) < 4.78 is 42.9. The van der Waals surface area contributed by atoms with Crippen LogP contribution < -0.4 is 15.4 Å². The molecule has 1 aliphatic rings. The lowest BCUT2D eigenvalue weighted by Gasteiger charge is -2.18. The molecule has 1 aromatic rings. The number of alkyl halides is 2. The van der Waals surface area contributed by atoms with E-state index in [1.54, 1.807) is 7.05 Å². The summed E-state index contributed by atoms with van der Waals surface area (Å²) in [6.45, 7) is -3.00. The summed E-state index contributed by atoms with van der Waals surface area (Å²) in [7, 11) is 1.59. The number of benzene rings is 1. The van der Waals surface area contributed by atoms with E-state index in [9.17, 15) is 13.2 Å². The second kappa shape index (κ2) is 9.64. The molecule has 0 radical (unpaired) electrons. The molecule has 0 saturated heterocycles. The van der Waals surface area contributed by atoms with Crippen LogP contribution in [-0.4, -0.2) is 25.7 Å². The zero-order chi connectivity index (χ0) is 15.9. The van der Waals surface area contributed by atoms with Gasteiger partial charge in [-0.1, -0.05) is 18.2 Å². The van der Waals surface area contributed by atoms with Crippen LogP contribution >= 0.6 is 24.0 Å². The zero-order valence-corrected chi connectivity index (χ0v) is 14.9. The van der Waals surface area contributed by atoms with E-state index < -0.39 is 12.4 Å². The molecule has 8 heteroatoms. The minimum Gasteiger partial charge on any atom is -0.434 e. The maximum absolute atomic E-state index is 13.8. The van der Waals surface area contributed by atoms with Crippen LogP contribution in [0.25, 0.3) is 0 Å². The molecule has 0 saturated carbocycles. The van der Waals surface area contributed by atoms with Gasteiger partial charge in [0, 0.05) is 25.2 Å². The van der Waals surface area contributed by atoms with Gasteiger partial charge in [-0.05, 0) is 25.0 Å². The maximum Gasteiger partial charge on any atom is 0.387 e. The molecule has 0 unspecified atom stereocenters. The Morgan fingerprint density at radius 2 is 2.04 bits per heavy atom. The van der Waals surface area contributed by atoms with Crippen LogP contribution in [0.15, 0.2) is 35.3 Å². The average molecular weight is 441 g/mol. The van der Waals surface area contributed by atoms with Crippen LogP contribution in [0.1, 0.15) is 18.4 Å². The topological polar surface area (TPSA) is 45.7 Å². The lowest BCUT2D eigenvalue weighted by Crippen LogP contribution is -2.42. The first-order valence-corrected chi connectivity index (χ1v) is 6.94. The predicted molar refractivity (Wildman–Crippen MR) is 93.9 cm³/mol. The Bertz CT molecular complexity index is 559. The van der Waals surface area contributed by atoms with E-state index in [2.05, 4.69) is 32.5 Å². The first-order valence-electron chi connectivity index (χ1n) is 6.94. The maximum atomic E-state index is 13.8. The van der Waals surface area contributed by atoms with E-state index in [1.165, 1.54) is 18.2 Å². The van der Waals surface area contributed by atoms with Crippen molar-refractivity contribution < 1.29 is 17.9 Å². The van der Waals surface area contributed by atoms with Crippen molar-refractivity contribution in [1.29, 1.82) is 0 Å². The van der Waals surface area contributed by atoms with E-state index in [0.717, 1.165) is 12.8 Å². The van der Waals surface area contributed by atoms with Gasteiger partial charge in [0.15, 0.2) is 5.96 Å². The Kier molecular flexibility index (Phi) is 8.21. The van der Waals surface area contributed by atoms with E-state index in [1.807, 2.05) is 0 Å². The van der Waals surface area contributed by atoms with Gasteiger partial charge >= 0.3 is 6.61 Å². The van der Waals surface area contributed by atoms with E-state index in [-0.39, 0.29) is 47.9 Å². The molecule has 0 atom stereocenters. The third-order valence-corrected chi connectivity index (χ3v) is 3.30. The quantitative estimate of drug-likeness (QED) is 0.319. The van der Waals surface area contributed by atoms with Gasteiger partial charge in [-0.15, -0.1) is 24.0 Å². The van der Waals surface area contributed by atoms with Crippen LogP contribution in [0.4, 0.5) is 13.2 Å². The summed E-state index contributed by atoms with van der Waals surface area (Å²) in [5.41, 5.74) is 0.0373. The average Bonchev–Trinajstić information content (AvgIpc) is 2.97. The minimum absolute atomic E-state index is 0. The van der Waals surface area contributed by atoms with Crippen molar-refractivity contribution in [2.45, 2.75) is 32.0 Å². The number of hydrogen-bond donors (Lipinski definition) is 2. The van der Waals surface area contributed by atoms with Crippen LogP contribution in [-0.2, 0) is 6.54 Å². The van der Waals surface area contributed by atoms with Gasteiger partial charge in [-0.25, -0.2) is 4.39 Å². The molecule has 4 nitrogen and oxygen atoms in total. The summed E-state index contributed by atoms with van der Waals surface area (Å²) in [5.74, 6) is -0.302. The molecule has 1 aliphatic carbocycles. The fourth-order valence-electron chi connectivity index (χ4n) is 2.21. The fraction of sp³-hybridized carbons (Fsp3) is 0.400. The zero-order valence-electron chi connectivity index (χ0n) is 12.6. The standard InChI is InChI=1S/C15H18F3N3O.HI/c1-19-15(21-10-5-2-3-6-10)20-9-11-12(16)7-4-8-13(11)22-14(17)18;/h2-4,7-8,10,14H,5-6,9H2,1H3,(H2,19,20,21);1H.